The highest BCUT2D eigenvalue weighted by molar-refractivity contribution is 9.14. The molecule has 168 valence electrons. The SMILES string of the molecule is CN1C(=O)C2C(C1=O)C13CCCCCCCCCCCCCCC2(C(Br)=C1Br)S3=O. The molecular formula is C23H33Br2NO3S. The lowest BCUT2D eigenvalue weighted by Crippen LogP contribution is -2.42. The number of amides is 2. The maximum Gasteiger partial charge on any atom is 0.234 e. The summed E-state index contributed by atoms with van der Waals surface area (Å²) in [5.74, 6) is -1.23. The molecule has 2 bridgehead atoms. The van der Waals surface area contributed by atoms with E-state index in [1.807, 2.05) is 0 Å². The van der Waals surface area contributed by atoms with Crippen molar-refractivity contribution in [2.45, 2.75) is 99.4 Å². The van der Waals surface area contributed by atoms with Gasteiger partial charge in [0.25, 0.3) is 0 Å². The van der Waals surface area contributed by atoms with Crippen LogP contribution in [0.25, 0.3) is 0 Å². The molecule has 0 aromatic rings. The molecular weight excluding hydrogens is 530 g/mol. The van der Waals surface area contributed by atoms with Crippen molar-refractivity contribution >= 4 is 54.5 Å². The summed E-state index contributed by atoms with van der Waals surface area (Å²) in [7, 11) is 0.319. The molecule has 4 aliphatic rings. The van der Waals surface area contributed by atoms with E-state index >= 15 is 0 Å². The Kier molecular flexibility index (Phi) is 7.02. The molecule has 4 heterocycles. The van der Waals surface area contributed by atoms with Gasteiger partial charge in [-0.2, -0.15) is 0 Å². The van der Waals surface area contributed by atoms with Gasteiger partial charge in [0, 0.05) is 26.8 Å². The average molecular weight is 563 g/mol. The zero-order valence-electron chi connectivity index (χ0n) is 17.9. The number of hydrogen-bond acceptors (Lipinski definition) is 3. The highest BCUT2D eigenvalue weighted by Crippen LogP contribution is 2.70. The van der Waals surface area contributed by atoms with Crippen molar-refractivity contribution in [2.24, 2.45) is 11.8 Å². The quantitative estimate of drug-likeness (QED) is 0.343. The summed E-state index contributed by atoms with van der Waals surface area (Å²) < 4.78 is 14.5. The lowest BCUT2D eigenvalue weighted by Gasteiger charge is -2.33. The van der Waals surface area contributed by atoms with Crippen LogP contribution in [0.5, 0.6) is 0 Å². The van der Waals surface area contributed by atoms with E-state index < -0.39 is 32.1 Å². The molecule has 4 atom stereocenters. The molecule has 4 rings (SSSR count). The zero-order valence-corrected chi connectivity index (χ0v) is 21.9. The summed E-state index contributed by atoms with van der Waals surface area (Å²) in [5, 5.41) is 0. The van der Waals surface area contributed by atoms with Gasteiger partial charge in [0.05, 0.1) is 21.3 Å². The van der Waals surface area contributed by atoms with Crippen LogP contribution < -0.4 is 0 Å². The number of rotatable bonds is 0. The smallest absolute Gasteiger partial charge is 0.234 e. The van der Waals surface area contributed by atoms with Gasteiger partial charge in [0.1, 0.15) is 0 Å². The third-order valence-electron chi connectivity index (χ3n) is 7.98. The fourth-order valence-electron chi connectivity index (χ4n) is 6.37. The van der Waals surface area contributed by atoms with Gasteiger partial charge < -0.3 is 0 Å². The number of fused-ring (bicyclic) bond motifs is 1. The summed E-state index contributed by atoms with van der Waals surface area (Å²) in [4.78, 5) is 27.7. The van der Waals surface area contributed by atoms with Gasteiger partial charge >= 0.3 is 0 Å². The second-order valence-electron chi connectivity index (χ2n) is 9.61. The second-order valence-corrected chi connectivity index (χ2v) is 13.2. The van der Waals surface area contributed by atoms with Crippen molar-refractivity contribution in [1.82, 2.24) is 4.90 Å². The Morgan fingerprint density at radius 2 is 1.00 bits per heavy atom. The predicted octanol–water partition coefficient (Wildman–Crippen LogP) is 5.95. The molecule has 0 N–H and O–H groups in total. The third-order valence-corrected chi connectivity index (χ3v) is 13.9. The Labute approximate surface area is 199 Å². The normalized spacial score (nSPS) is 41.3. The van der Waals surface area contributed by atoms with Crippen LogP contribution in [0.2, 0.25) is 0 Å². The van der Waals surface area contributed by atoms with Gasteiger partial charge in [-0.1, -0.05) is 109 Å². The van der Waals surface area contributed by atoms with Crippen molar-refractivity contribution in [3.05, 3.63) is 8.96 Å². The number of nitrogens with zero attached hydrogens (tertiary/aromatic N) is 1. The molecule has 2 amide bonds. The minimum absolute atomic E-state index is 0.133. The first-order valence-electron chi connectivity index (χ1n) is 11.7. The monoisotopic (exact) mass is 561 g/mol. The molecule has 0 saturated carbocycles. The Morgan fingerprint density at radius 1 is 0.700 bits per heavy atom. The topological polar surface area (TPSA) is 54.5 Å². The van der Waals surface area contributed by atoms with Gasteiger partial charge in [-0.3, -0.25) is 18.7 Å². The standard InChI is InChI=1S/C23H33Br2NO3S/c1-26-20(27)16-17(21(26)28)23-15-13-11-9-7-5-3-2-4-6-8-10-12-14-22(16,30(23)29)18(24)19(23)25/h16-17H,2-15H2,1H3. The summed E-state index contributed by atoms with van der Waals surface area (Å²) >= 11 is 7.56. The van der Waals surface area contributed by atoms with Crippen molar-refractivity contribution in [3.8, 4) is 0 Å². The fourth-order valence-corrected chi connectivity index (χ4v) is 11.9. The number of hydrogen-bond donors (Lipinski definition) is 0. The maximum atomic E-state index is 14.2. The second kappa shape index (κ2) is 9.09. The highest BCUT2D eigenvalue weighted by atomic mass is 79.9. The molecule has 0 spiro atoms. The summed E-state index contributed by atoms with van der Waals surface area (Å²) in [6.07, 6.45) is 15.7. The van der Waals surface area contributed by atoms with E-state index in [2.05, 4.69) is 31.9 Å². The molecule has 3 fully saturated rings. The van der Waals surface area contributed by atoms with Crippen molar-refractivity contribution in [2.75, 3.05) is 7.05 Å². The molecule has 3 saturated heterocycles. The van der Waals surface area contributed by atoms with E-state index in [4.69, 9.17) is 0 Å². The molecule has 0 radical (unpaired) electrons. The van der Waals surface area contributed by atoms with E-state index in [9.17, 15) is 13.8 Å². The number of halogens is 2. The summed E-state index contributed by atoms with van der Waals surface area (Å²) in [6, 6.07) is 0. The average Bonchev–Trinajstić information content (AvgIpc) is 3.16. The van der Waals surface area contributed by atoms with E-state index in [0.29, 0.717) is 12.8 Å². The first-order chi connectivity index (χ1) is 14.4. The fraction of sp³-hybridized carbons (Fsp3) is 0.826. The van der Waals surface area contributed by atoms with Crippen LogP contribution in [0.1, 0.15) is 89.9 Å². The van der Waals surface area contributed by atoms with Crippen LogP contribution in [-0.4, -0.2) is 37.5 Å². The van der Waals surface area contributed by atoms with Gasteiger partial charge in [-0.05, 0) is 12.8 Å². The largest absolute Gasteiger partial charge is 0.285 e. The molecule has 4 unspecified atom stereocenters. The lowest BCUT2D eigenvalue weighted by atomic mass is 9.69. The molecule has 30 heavy (non-hydrogen) atoms. The van der Waals surface area contributed by atoms with E-state index in [1.54, 1.807) is 7.05 Å². The third kappa shape index (κ3) is 3.27. The summed E-state index contributed by atoms with van der Waals surface area (Å²) in [6.45, 7) is 0. The van der Waals surface area contributed by atoms with E-state index in [-0.39, 0.29) is 11.8 Å². The van der Waals surface area contributed by atoms with E-state index in [0.717, 1.165) is 34.6 Å². The van der Waals surface area contributed by atoms with Crippen molar-refractivity contribution in [1.29, 1.82) is 0 Å². The van der Waals surface area contributed by atoms with E-state index in [1.165, 1.54) is 56.3 Å². The number of imide groups is 1. The van der Waals surface area contributed by atoms with Gasteiger partial charge in [0.2, 0.25) is 11.8 Å². The number of likely N-dealkylation sites (tertiary alicyclic amines) is 1. The number of carbonyl (C=O) groups is 2. The Balaban J connectivity index is 1.69. The van der Waals surface area contributed by atoms with Crippen LogP contribution >= 0.6 is 31.9 Å². The molecule has 0 aromatic carbocycles. The minimum Gasteiger partial charge on any atom is -0.285 e. The van der Waals surface area contributed by atoms with Crippen LogP contribution in [0, 0.1) is 11.8 Å². The molecule has 4 aliphatic heterocycles. The van der Waals surface area contributed by atoms with Crippen LogP contribution in [0.3, 0.4) is 0 Å². The zero-order chi connectivity index (χ0) is 21.5. The Hall–Kier alpha value is -0.0100. The highest BCUT2D eigenvalue weighted by Gasteiger charge is 2.79. The molecule has 7 heteroatoms. The minimum atomic E-state index is -1.28. The molecule has 4 nitrogen and oxygen atoms in total. The molecule has 0 aliphatic carbocycles. The van der Waals surface area contributed by atoms with Crippen molar-refractivity contribution in [3.63, 3.8) is 0 Å². The predicted molar refractivity (Wildman–Crippen MR) is 128 cm³/mol. The van der Waals surface area contributed by atoms with Crippen LogP contribution in [0.15, 0.2) is 8.96 Å². The lowest BCUT2D eigenvalue weighted by molar-refractivity contribution is -0.138. The Morgan fingerprint density at radius 3 is 1.33 bits per heavy atom. The van der Waals surface area contributed by atoms with Gasteiger partial charge in [0.15, 0.2) is 0 Å². The number of carbonyl (C=O) groups excluding carboxylic acids is 2. The van der Waals surface area contributed by atoms with Gasteiger partial charge in [-0.25, -0.2) is 0 Å². The van der Waals surface area contributed by atoms with Gasteiger partial charge in [-0.15, -0.1) is 0 Å². The van der Waals surface area contributed by atoms with Crippen molar-refractivity contribution < 1.29 is 13.8 Å². The Bertz CT molecular complexity index is 724. The molecule has 0 aromatic heterocycles. The van der Waals surface area contributed by atoms with Crippen LogP contribution in [0.4, 0.5) is 0 Å². The first-order valence-corrected chi connectivity index (χ1v) is 14.4. The maximum absolute atomic E-state index is 14.2. The summed E-state index contributed by atoms with van der Waals surface area (Å²) in [5.41, 5.74) is 0. The van der Waals surface area contributed by atoms with Crippen LogP contribution in [-0.2, 0) is 20.4 Å². The first kappa shape index (κ1) is 23.2.